The molecule has 0 amide bonds. The lowest BCUT2D eigenvalue weighted by atomic mass is 9.96. The van der Waals surface area contributed by atoms with E-state index in [1.54, 1.807) is 6.07 Å². The lowest BCUT2D eigenvalue weighted by Crippen LogP contribution is -1.93. The Hall–Kier alpha value is -1.67. The van der Waals surface area contributed by atoms with Crippen LogP contribution in [0.4, 0.5) is 11.4 Å². The Bertz CT molecular complexity index is 553. The highest BCUT2D eigenvalue weighted by Crippen LogP contribution is 2.35. The Labute approximate surface area is 106 Å². The maximum absolute atomic E-state index is 6.27. The topological polar surface area (TPSA) is 52.0 Å². The van der Waals surface area contributed by atoms with Crippen molar-refractivity contribution in [1.29, 1.82) is 0 Å². The molecule has 2 rings (SSSR count). The van der Waals surface area contributed by atoms with E-state index in [4.69, 9.17) is 23.1 Å². The first-order valence-corrected chi connectivity index (χ1v) is 5.79. The molecule has 0 bridgehead atoms. The lowest BCUT2D eigenvalue weighted by Gasteiger charge is -2.13. The largest absolute Gasteiger partial charge is 0.399 e. The molecule has 88 valence electrons. The van der Waals surface area contributed by atoms with Gasteiger partial charge < -0.3 is 11.5 Å². The second kappa shape index (κ2) is 4.30. The van der Waals surface area contributed by atoms with Crippen LogP contribution in [0.3, 0.4) is 0 Å². The predicted octanol–water partition coefficient (Wildman–Crippen LogP) is 3.79. The van der Waals surface area contributed by atoms with Gasteiger partial charge in [0.2, 0.25) is 0 Å². The summed E-state index contributed by atoms with van der Waals surface area (Å²) in [4.78, 5) is 0. The molecule has 4 N–H and O–H groups in total. The molecule has 0 radical (unpaired) electrons. The standard InChI is InChI=1S/C14H15ClN2/c1-8-5-10(16)3-4-12(8)14-9(2)6-11(17)7-13(14)15/h3-7H,16-17H2,1-2H3. The first-order valence-electron chi connectivity index (χ1n) is 5.41. The third kappa shape index (κ3) is 2.22. The number of nitrogens with two attached hydrogens (primary N) is 2. The molecule has 0 unspecified atom stereocenters. The molecule has 0 saturated heterocycles. The minimum atomic E-state index is 0.676. The Morgan fingerprint density at radius 1 is 0.882 bits per heavy atom. The Morgan fingerprint density at radius 3 is 2.12 bits per heavy atom. The van der Waals surface area contributed by atoms with E-state index in [0.29, 0.717) is 10.7 Å². The summed E-state index contributed by atoms with van der Waals surface area (Å²) in [5.41, 5.74) is 17.3. The van der Waals surface area contributed by atoms with Gasteiger partial charge in [-0.1, -0.05) is 17.7 Å². The Kier molecular flexibility index (Phi) is 2.99. The first kappa shape index (κ1) is 11.8. The number of rotatable bonds is 1. The van der Waals surface area contributed by atoms with E-state index in [1.807, 2.05) is 38.1 Å². The van der Waals surface area contributed by atoms with E-state index in [9.17, 15) is 0 Å². The second-order valence-electron chi connectivity index (χ2n) is 4.27. The molecular weight excluding hydrogens is 232 g/mol. The molecule has 0 spiro atoms. The summed E-state index contributed by atoms with van der Waals surface area (Å²) < 4.78 is 0. The molecule has 0 atom stereocenters. The normalized spacial score (nSPS) is 10.5. The lowest BCUT2D eigenvalue weighted by molar-refractivity contribution is 1.41. The molecule has 0 heterocycles. The molecule has 0 aliphatic carbocycles. The van der Waals surface area contributed by atoms with Gasteiger partial charge in [0, 0.05) is 16.9 Å². The minimum Gasteiger partial charge on any atom is -0.399 e. The van der Waals surface area contributed by atoms with E-state index >= 15 is 0 Å². The van der Waals surface area contributed by atoms with Gasteiger partial charge in [-0.3, -0.25) is 0 Å². The fourth-order valence-corrected chi connectivity index (χ4v) is 2.46. The van der Waals surface area contributed by atoms with Crippen molar-refractivity contribution >= 4 is 23.0 Å². The quantitative estimate of drug-likeness (QED) is 0.753. The van der Waals surface area contributed by atoms with E-state index in [2.05, 4.69) is 0 Å². The summed E-state index contributed by atoms with van der Waals surface area (Å²) in [6, 6.07) is 9.53. The van der Waals surface area contributed by atoms with Gasteiger partial charge in [0.05, 0.1) is 5.02 Å². The van der Waals surface area contributed by atoms with E-state index < -0.39 is 0 Å². The van der Waals surface area contributed by atoms with Gasteiger partial charge in [0.1, 0.15) is 0 Å². The van der Waals surface area contributed by atoms with Crippen molar-refractivity contribution < 1.29 is 0 Å². The van der Waals surface area contributed by atoms with Gasteiger partial charge in [0.25, 0.3) is 0 Å². The van der Waals surface area contributed by atoms with Crippen molar-refractivity contribution in [3.05, 3.63) is 46.5 Å². The first-order chi connectivity index (χ1) is 7.99. The van der Waals surface area contributed by atoms with Crippen LogP contribution in [0.1, 0.15) is 11.1 Å². The third-order valence-corrected chi connectivity index (χ3v) is 3.13. The van der Waals surface area contributed by atoms with Gasteiger partial charge in [-0.15, -0.1) is 0 Å². The van der Waals surface area contributed by atoms with E-state index in [-0.39, 0.29) is 0 Å². The van der Waals surface area contributed by atoms with Crippen molar-refractivity contribution in [2.45, 2.75) is 13.8 Å². The van der Waals surface area contributed by atoms with Crippen molar-refractivity contribution in [3.8, 4) is 11.1 Å². The smallest absolute Gasteiger partial charge is 0.0507 e. The van der Waals surface area contributed by atoms with Crippen molar-refractivity contribution in [2.75, 3.05) is 11.5 Å². The maximum Gasteiger partial charge on any atom is 0.0507 e. The molecule has 0 fully saturated rings. The van der Waals surface area contributed by atoms with Gasteiger partial charge >= 0.3 is 0 Å². The molecule has 3 heteroatoms. The van der Waals surface area contributed by atoms with Gasteiger partial charge in [0.15, 0.2) is 0 Å². The monoisotopic (exact) mass is 246 g/mol. The van der Waals surface area contributed by atoms with Crippen LogP contribution in [0.15, 0.2) is 30.3 Å². The number of benzene rings is 2. The summed E-state index contributed by atoms with van der Waals surface area (Å²) in [6.45, 7) is 4.03. The van der Waals surface area contributed by atoms with Crippen LogP contribution in [-0.4, -0.2) is 0 Å². The third-order valence-electron chi connectivity index (χ3n) is 2.83. The zero-order valence-electron chi connectivity index (χ0n) is 9.92. The predicted molar refractivity (Wildman–Crippen MR) is 75.2 cm³/mol. The van der Waals surface area contributed by atoms with Crippen LogP contribution in [0.2, 0.25) is 5.02 Å². The average molecular weight is 247 g/mol. The van der Waals surface area contributed by atoms with Crippen molar-refractivity contribution in [2.24, 2.45) is 0 Å². The number of anilines is 2. The SMILES string of the molecule is Cc1cc(N)ccc1-c1c(C)cc(N)cc1Cl. The van der Waals surface area contributed by atoms with Crippen LogP contribution in [-0.2, 0) is 0 Å². The van der Waals surface area contributed by atoms with Crippen LogP contribution in [0.25, 0.3) is 11.1 Å². The summed E-state index contributed by atoms with van der Waals surface area (Å²) in [7, 11) is 0. The Morgan fingerprint density at radius 2 is 1.53 bits per heavy atom. The van der Waals surface area contributed by atoms with Crippen LogP contribution >= 0.6 is 11.6 Å². The van der Waals surface area contributed by atoms with Crippen LogP contribution in [0, 0.1) is 13.8 Å². The number of hydrogen-bond donors (Lipinski definition) is 2. The van der Waals surface area contributed by atoms with Gasteiger partial charge in [-0.2, -0.15) is 0 Å². The summed E-state index contributed by atoms with van der Waals surface area (Å²) in [6.07, 6.45) is 0. The molecule has 2 aromatic carbocycles. The fourth-order valence-electron chi connectivity index (χ4n) is 2.08. The number of aryl methyl sites for hydroxylation is 2. The highest BCUT2D eigenvalue weighted by molar-refractivity contribution is 6.33. The van der Waals surface area contributed by atoms with E-state index in [1.165, 1.54) is 0 Å². The summed E-state index contributed by atoms with van der Waals surface area (Å²) in [5, 5.41) is 0.676. The second-order valence-corrected chi connectivity index (χ2v) is 4.68. The number of nitrogen functional groups attached to an aromatic ring is 2. The van der Waals surface area contributed by atoms with Gasteiger partial charge in [-0.25, -0.2) is 0 Å². The molecule has 0 aliphatic heterocycles. The summed E-state index contributed by atoms with van der Waals surface area (Å²) in [5.74, 6) is 0. The molecule has 0 saturated carbocycles. The minimum absolute atomic E-state index is 0.676. The molecule has 17 heavy (non-hydrogen) atoms. The van der Waals surface area contributed by atoms with Gasteiger partial charge in [-0.05, 0) is 54.8 Å². The zero-order chi connectivity index (χ0) is 12.6. The molecule has 2 nitrogen and oxygen atoms in total. The molecule has 0 aliphatic rings. The molecule has 2 aromatic rings. The van der Waals surface area contributed by atoms with Crippen molar-refractivity contribution in [1.82, 2.24) is 0 Å². The van der Waals surface area contributed by atoms with Crippen molar-refractivity contribution in [3.63, 3.8) is 0 Å². The van der Waals surface area contributed by atoms with Crippen LogP contribution in [0.5, 0.6) is 0 Å². The zero-order valence-corrected chi connectivity index (χ0v) is 10.7. The Balaban J connectivity index is 2.68. The average Bonchev–Trinajstić information content (AvgIpc) is 2.19. The number of halogens is 1. The highest BCUT2D eigenvalue weighted by atomic mass is 35.5. The van der Waals surface area contributed by atoms with Crippen LogP contribution < -0.4 is 11.5 Å². The van der Waals surface area contributed by atoms with E-state index in [0.717, 1.165) is 27.9 Å². The molecule has 0 aromatic heterocycles. The molecular formula is C14H15ClN2. The highest BCUT2D eigenvalue weighted by Gasteiger charge is 2.10. The maximum atomic E-state index is 6.27. The summed E-state index contributed by atoms with van der Waals surface area (Å²) >= 11 is 6.27. The number of hydrogen-bond acceptors (Lipinski definition) is 2. The fraction of sp³-hybridized carbons (Fsp3) is 0.143.